The molecule has 0 saturated carbocycles. The van der Waals surface area contributed by atoms with Crippen LogP contribution >= 0.6 is 11.3 Å². The van der Waals surface area contributed by atoms with Gasteiger partial charge in [-0.15, -0.1) is 0 Å². The highest BCUT2D eigenvalue weighted by atomic mass is 32.2. The van der Waals surface area contributed by atoms with Crippen LogP contribution in [0.2, 0.25) is 0 Å². The van der Waals surface area contributed by atoms with E-state index >= 15 is 0 Å². The van der Waals surface area contributed by atoms with Crippen LogP contribution < -0.4 is 9.88 Å². The van der Waals surface area contributed by atoms with E-state index < -0.39 is 10.0 Å². The van der Waals surface area contributed by atoms with Gasteiger partial charge >= 0.3 is 0 Å². The van der Waals surface area contributed by atoms with Crippen molar-refractivity contribution in [3.05, 3.63) is 46.2 Å². The Morgan fingerprint density at radius 3 is 2.64 bits per heavy atom. The summed E-state index contributed by atoms with van der Waals surface area (Å²) in [7, 11) is -0.824. The fraction of sp³-hybridized carbons (Fsp3) is 0.214. The predicted octanol–water partition coefficient (Wildman–Crippen LogP) is 1.68. The first kappa shape index (κ1) is 16.5. The first-order valence-corrected chi connectivity index (χ1v) is 8.79. The van der Waals surface area contributed by atoms with E-state index in [9.17, 15) is 13.2 Å². The summed E-state index contributed by atoms with van der Waals surface area (Å²) in [6.07, 6.45) is 0. The highest BCUT2D eigenvalue weighted by Gasteiger charge is 2.20. The zero-order chi connectivity index (χ0) is 16.3. The van der Waals surface area contributed by atoms with Crippen molar-refractivity contribution in [2.75, 3.05) is 14.2 Å². The first-order valence-electron chi connectivity index (χ1n) is 6.30. The molecule has 0 atom stereocenters. The summed E-state index contributed by atoms with van der Waals surface area (Å²) in [4.78, 5) is 13.9. The molecule has 2 N–H and O–H groups in total. The highest BCUT2D eigenvalue weighted by molar-refractivity contribution is 7.89. The molecule has 1 aromatic heterocycles. The van der Waals surface area contributed by atoms with E-state index in [-0.39, 0.29) is 16.4 Å². The lowest BCUT2D eigenvalue weighted by atomic mass is 10.1. The largest absolute Gasteiger partial charge is 0.496 e. The third-order valence-electron chi connectivity index (χ3n) is 3.08. The second kappa shape index (κ2) is 6.47. The third-order valence-corrected chi connectivity index (χ3v) is 4.72. The van der Waals surface area contributed by atoms with E-state index in [0.717, 1.165) is 5.56 Å². The quantitative estimate of drug-likeness (QED) is 0.896. The minimum atomic E-state index is -3.88. The molecule has 0 aliphatic carbocycles. The number of rotatable bonds is 5. The molecular weight excluding hydrogens is 324 g/mol. The average Bonchev–Trinajstić information content (AvgIpc) is 2.97. The molecule has 8 heteroatoms. The zero-order valence-electron chi connectivity index (χ0n) is 12.1. The van der Waals surface area contributed by atoms with Crippen LogP contribution in [-0.2, 0) is 16.6 Å². The van der Waals surface area contributed by atoms with E-state index in [1.165, 1.54) is 30.2 Å². The van der Waals surface area contributed by atoms with Crippen molar-refractivity contribution in [3.8, 4) is 5.75 Å². The molecule has 0 aliphatic heterocycles. The maximum absolute atomic E-state index is 12.5. The topological polar surface area (TPSA) is 89.7 Å². The lowest BCUT2D eigenvalue weighted by Gasteiger charge is -2.18. The normalized spacial score (nSPS) is 11.2. The number of benzene rings is 1. The van der Waals surface area contributed by atoms with Crippen LogP contribution in [-0.4, -0.2) is 33.4 Å². The summed E-state index contributed by atoms with van der Waals surface area (Å²) in [6, 6.07) is 5.89. The molecule has 1 heterocycles. The van der Waals surface area contributed by atoms with Crippen molar-refractivity contribution >= 4 is 27.3 Å². The second-order valence-electron chi connectivity index (χ2n) is 4.70. The second-order valence-corrected chi connectivity index (χ2v) is 7.04. The number of nitrogens with zero attached hydrogens (tertiary/aromatic N) is 1. The van der Waals surface area contributed by atoms with Gasteiger partial charge in [0.1, 0.15) is 5.75 Å². The molecular formula is C14H16N2O4S2. The van der Waals surface area contributed by atoms with Crippen molar-refractivity contribution in [1.82, 2.24) is 4.90 Å². The third kappa shape index (κ3) is 3.65. The standard InChI is InChI=1S/C14H16N2O4S2/c1-16(8-10-5-6-21-9-10)14(17)12-7-11(22(15,18)19)3-4-13(12)20-2/h3-7,9H,8H2,1-2H3,(H2,15,18,19). The highest BCUT2D eigenvalue weighted by Crippen LogP contribution is 2.24. The van der Waals surface area contributed by atoms with Gasteiger partial charge in [0, 0.05) is 13.6 Å². The molecule has 0 radical (unpaired) electrons. The summed E-state index contributed by atoms with van der Waals surface area (Å²) in [5.41, 5.74) is 1.16. The molecule has 0 fully saturated rings. The van der Waals surface area contributed by atoms with Gasteiger partial charge in [0.15, 0.2) is 0 Å². The van der Waals surface area contributed by atoms with E-state index in [1.54, 1.807) is 18.4 Å². The van der Waals surface area contributed by atoms with Crippen LogP contribution in [0.3, 0.4) is 0 Å². The van der Waals surface area contributed by atoms with Crippen LogP contribution in [0.1, 0.15) is 15.9 Å². The lowest BCUT2D eigenvalue weighted by Crippen LogP contribution is -2.27. The predicted molar refractivity (Wildman–Crippen MR) is 84.5 cm³/mol. The summed E-state index contributed by atoms with van der Waals surface area (Å²) in [5, 5.41) is 8.98. The molecule has 2 aromatic rings. The molecule has 0 unspecified atom stereocenters. The number of carbonyl (C=O) groups excluding carboxylic acids is 1. The van der Waals surface area contributed by atoms with Crippen LogP contribution in [0, 0.1) is 0 Å². The van der Waals surface area contributed by atoms with Gasteiger partial charge in [0.05, 0.1) is 17.6 Å². The first-order chi connectivity index (χ1) is 10.3. The summed E-state index contributed by atoms with van der Waals surface area (Å²) in [6.45, 7) is 0.422. The van der Waals surface area contributed by atoms with Crippen LogP contribution in [0.5, 0.6) is 5.75 Å². The fourth-order valence-corrected chi connectivity index (χ4v) is 3.16. The molecule has 22 heavy (non-hydrogen) atoms. The van der Waals surface area contributed by atoms with Crippen LogP contribution in [0.15, 0.2) is 39.9 Å². The molecule has 2 rings (SSSR count). The Balaban J connectivity index is 2.34. The number of sulfonamides is 1. The minimum absolute atomic E-state index is 0.124. The molecule has 118 valence electrons. The Morgan fingerprint density at radius 1 is 1.36 bits per heavy atom. The Kier molecular flexibility index (Phi) is 4.84. The summed E-state index contributed by atoms with van der Waals surface area (Å²) >= 11 is 1.54. The molecule has 0 aliphatic rings. The number of ether oxygens (including phenoxy) is 1. The van der Waals surface area contributed by atoms with Gasteiger partial charge < -0.3 is 9.64 Å². The summed E-state index contributed by atoms with van der Waals surface area (Å²) < 4.78 is 28.0. The Morgan fingerprint density at radius 2 is 2.09 bits per heavy atom. The van der Waals surface area contributed by atoms with Crippen LogP contribution in [0.25, 0.3) is 0 Å². The smallest absolute Gasteiger partial charge is 0.257 e. The number of primary sulfonamides is 1. The molecule has 0 spiro atoms. The number of thiophene rings is 1. The van der Waals surface area contributed by atoms with Crippen molar-refractivity contribution in [2.24, 2.45) is 5.14 Å². The number of nitrogens with two attached hydrogens (primary N) is 1. The number of hydrogen-bond acceptors (Lipinski definition) is 5. The van der Waals surface area contributed by atoms with Crippen molar-refractivity contribution in [2.45, 2.75) is 11.4 Å². The van der Waals surface area contributed by atoms with Gasteiger partial charge in [0.25, 0.3) is 5.91 Å². The van der Waals surface area contributed by atoms with Crippen molar-refractivity contribution in [3.63, 3.8) is 0 Å². The van der Waals surface area contributed by atoms with Gasteiger partial charge in [-0.25, -0.2) is 13.6 Å². The van der Waals surface area contributed by atoms with E-state index in [0.29, 0.717) is 12.3 Å². The average molecular weight is 340 g/mol. The molecule has 1 amide bonds. The maximum Gasteiger partial charge on any atom is 0.257 e. The summed E-state index contributed by atoms with van der Waals surface area (Å²) in [5.74, 6) is -0.0388. The Labute approximate surface area is 133 Å². The van der Waals surface area contributed by atoms with E-state index in [1.807, 2.05) is 16.8 Å². The molecule has 1 aromatic carbocycles. The van der Waals surface area contributed by atoms with Gasteiger partial charge in [-0.2, -0.15) is 11.3 Å². The van der Waals surface area contributed by atoms with E-state index in [2.05, 4.69) is 0 Å². The van der Waals surface area contributed by atoms with Gasteiger partial charge in [0.2, 0.25) is 10.0 Å². The van der Waals surface area contributed by atoms with Crippen molar-refractivity contribution in [1.29, 1.82) is 0 Å². The molecule has 0 bridgehead atoms. The molecule has 0 saturated heterocycles. The van der Waals surface area contributed by atoms with Crippen molar-refractivity contribution < 1.29 is 17.9 Å². The van der Waals surface area contributed by atoms with Gasteiger partial charge in [-0.3, -0.25) is 4.79 Å². The Hall–Kier alpha value is -1.90. The minimum Gasteiger partial charge on any atom is -0.496 e. The molecule has 6 nitrogen and oxygen atoms in total. The maximum atomic E-state index is 12.5. The lowest BCUT2D eigenvalue weighted by molar-refractivity contribution is 0.0781. The fourth-order valence-electron chi connectivity index (χ4n) is 1.97. The van der Waals surface area contributed by atoms with Gasteiger partial charge in [-0.05, 0) is 40.6 Å². The monoisotopic (exact) mass is 340 g/mol. The Bertz CT molecular complexity index is 770. The van der Waals surface area contributed by atoms with E-state index in [4.69, 9.17) is 9.88 Å². The SMILES string of the molecule is COc1ccc(S(N)(=O)=O)cc1C(=O)N(C)Cc1ccsc1. The zero-order valence-corrected chi connectivity index (χ0v) is 13.8. The number of amides is 1. The van der Waals surface area contributed by atoms with Crippen LogP contribution in [0.4, 0.5) is 0 Å². The number of methoxy groups -OCH3 is 1. The van der Waals surface area contributed by atoms with Gasteiger partial charge in [-0.1, -0.05) is 0 Å². The number of carbonyl (C=O) groups is 1. The number of hydrogen-bond donors (Lipinski definition) is 1.